The molecule has 7 unspecified atom stereocenters. The van der Waals surface area contributed by atoms with Gasteiger partial charge >= 0.3 is 0 Å². The first-order chi connectivity index (χ1) is 29.3. The smallest absolute Gasteiger partial charge is 0.220 e. The van der Waals surface area contributed by atoms with Crippen molar-refractivity contribution in [3.05, 3.63) is 36.5 Å². The Morgan fingerprint density at radius 1 is 0.550 bits per heavy atom. The van der Waals surface area contributed by atoms with Crippen LogP contribution in [0.2, 0.25) is 0 Å². The summed E-state index contributed by atoms with van der Waals surface area (Å²) in [5, 5.41) is 53.9. The van der Waals surface area contributed by atoms with E-state index in [9.17, 15) is 30.3 Å². The lowest BCUT2D eigenvalue weighted by Gasteiger charge is -2.40. The van der Waals surface area contributed by atoms with Gasteiger partial charge in [0.15, 0.2) is 6.29 Å². The van der Waals surface area contributed by atoms with Gasteiger partial charge in [-0.05, 0) is 44.9 Å². The predicted molar refractivity (Wildman–Crippen MR) is 249 cm³/mol. The molecular weight excluding hydrogens is 755 g/mol. The minimum absolute atomic E-state index is 0.201. The second-order valence-electron chi connectivity index (χ2n) is 17.6. The number of aliphatic hydroxyl groups excluding tert-OH is 5. The second-order valence-corrected chi connectivity index (χ2v) is 17.6. The molecular formula is C51H95NO8. The highest BCUT2D eigenvalue weighted by atomic mass is 16.7. The van der Waals surface area contributed by atoms with Gasteiger partial charge in [0.05, 0.1) is 25.4 Å². The van der Waals surface area contributed by atoms with Crippen LogP contribution in [0.5, 0.6) is 0 Å². The minimum atomic E-state index is -1.57. The highest BCUT2D eigenvalue weighted by Gasteiger charge is 2.44. The summed E-state index contributed by atoms with van der Waals surface area (Å²) < 4.78 is 11.1. The Balaban J connectivity index is 2.14. The van der Waals surface area contributed by atoms with Crippen molar-refractivity contribution in [3.8, 4) is 0 Å². The average molecular weight is 850 g/mol. The molecule has 1 amide bonds. The molecule has 60 heavy (non-hydrogen) atoms. The molecule has 6 N–H and O–H groups in total. The van der Waals surface area contributed by atoms with Gasteiger partial charge in [-0.15, -0.1) is 0 Å². The van der Waals surface area contributed by atoms with Crippen molar-refractivity contribution in [1.29, 1.82) is 0 Å². The van der Waals surface area contributed by atoms with Crippen LogP contribution in [0.25, 0.3) is 0 Å². The Kier molecular flexibility index (Phi) is 39.0. The van der Waals surface area contributed by atoms with E-state index in [0.717, 1.165) is 57.8 Å². The Labute approximate surface area is 368 Å². The van der Waals surface area contributed by atoms with Gasteiger partial charge in [-0.25, -0.2) is 0 Å². The number of unbranched alkanes of at least 4 members (excludes halogenated alkanes) is 28. The number of allylic oxidation sites excluding steroid dienone is 5. The molecule has 1 rings (SSSR count). The van der Waals surface area contributed by atoms with E-state index in [0.29, 0.717) is 6.42 Å². The normalized spacial score (nSPS) is 20.8. The molecule has 9 nitrogen and oxygen atoms in total. The lowest BCUT2D eigenvalue weighted by atomic mass is 9.99. The molecule has 1 aliphatic rings. The fourth-order valence-corrected chi connectivity index (χ4v) is 7.89. The zero-order chi connectivity index (χ0) is 43.7. The van der Waals surface area contributed by atoms with E-state index in [1.54, 1.807) is 6.08 Å². The number of carbonyl (C=O) groups excluding carboxylic acids is 1. The van der Waals surface area contributed by atoms with E-state index in [2.05, 4.69) is 43.5 Å². The van der Waals surface area contributed by atoms with E-state index >= 15 is 0 Å². The Hall–Kier alpha value is -1.59. The van der Waals surface area contributed by atoms with Crippen molar-refractivity contribution in [2.45, 2.75) is 269 Å². The summed E-state index contributed by atoms with van der Waals surface area (Å²) in [6.07, 6.45) is 45.5. The van der Waals surface area contributed by atoms with E-state index in [1.807, 2.05) is 6.08 Å². The molecule has 0 aromatic heterocycles. The third-order valence-corrected chi connectivity index (χ3v) is 11.9. The van der Waals surface area contributed by atoms with Gasteiger partial charge in [0.1, 0.15) is 24.4 Å². The van der Waals surface area contributed by atoms with E-state index < -0.39 is 49.5 Å². The van der Waals surface area contributed by atoms with Crippen LogP contribution >= 0.6 is 0 Å². The van der Waals surface area contributed by atoms with Crippen molar-refractivity contribution in [1.82, 2.24) is 5.32 Å². The van der Waals surface area contributed by atoms with Gasteiger partial charge < -0.3 is 40.3 Å². The molecule has 9 heteroatoms. The van der Waals surface area contributed by atoms with Crippen LogP contribution in [0, 0.1) is 0 Å². The quantitative estimate of drug-likeness (QED) is 0.0263. The molecule has 1 saturated heterocycles. The number of hydrogen-bond donors (Lipinski definition) is 6. The third-order valence-electron chi connectivity index (χ3n) is 11.9. The number of hydrogen-bond acceptors (Lipinski definition) is 8. The van der Waals surface area contributed by atoms with Crippen LogP contribution in [0.1, 0.15) is 226 Å². The molecule has 0 saturated carbocycles. The lowest BCUT2D eigenvalue weighted by Crippen LogP contribution is -2.60. The maximum absolute atomic E-state index is 12.8. The number of carbonyl (C=O) groups is 1. The molecule has 1 heterocycles. The largest absolute Gasteiger partial charge is 0.394 e. The molecule has 0 spiro atoms. The molecule has 0 aliphatic carbocycles. The van der Waals surface area contributed by atoms with Crippen molar-refractivity contribution in [3.63, 3.8) is 0 Å². The van der Waals surface area contributed by atoms with Gasteiger partial charge in [-0.2, -0.15) is 0 Å². The highest BCUT2D eigenvalue weighted by Crippen LogP contribution is 2.23. The number of ether oxygens (including phenoxy) is 2. The van der Waals surface area contributed by atoms with Crippen LogP contribution in [-0.4, -0.2) is 87.5 Å². The molecule has 1 fully saturated rings. The maximum Gasteiger partial charge on any atom is 0.220 e. The highest BCUT2D eigenvalue weighted by molar-refractivity contribution is 5.76. The Bertz CT molecular complexity index is 1030. The molecule has 0 aromatic rings. The summed E-state index contributed by atoms with van der Waals surface area (Å²) in [5.41, 5.74) is 0. The topological polar surface area (TPSA) is 149 Å². The predicted octanol–water partition coefficient (Wildman–Crippen LogP) is 11.2. The second kappa shape index (κ2) is 41.4. The van der Waals surface area contributed by atoms with Crippen molar-refractivity contribution in [2.24, 2.45) is 0 Å². The number of rotatable bonds is 42. The summed E-state index contributed by atoms with van der Waals surface area (Å²) in [7, 11) is 0. The van der Waals surface area contributed by atoms with Crippen LogP contribution in [0.15, 0.2) is 36.5 Å². The first-order valence-electron chi connectivity index (χ1n) is 25.2. The monoisotopic (exact) mass is 850 g/mol. The van der Waals surface area contributed by atoms with Crippen LogP contribution in [0.4, 0.5) is 0 Å². The molecule has 0 radical (unpaired) electrons. The SMILES string of the molecule is CCCCCCCCCCCCCCCCCCCCCCC/C=C/CC/C=C/CC/C=C/C(O)C(COC1OC(CO)C(O)C(O)C1O)NC(=O)CCCCCCCC. The molecule has 352 valence electrons. The minimum Gasteiger partial charge on any atom is -0.394 e. The van der Waals surface area contributed by atoms with E-state index in [-0.39, 0.29) is 12.5 Å². The Morgan fingerprint density at radius 2 is 0.950 bits per heavy atom. The average Bonchev–Trinajstić information content (AvgIpc) is 3.25. The molecule has 0 aromatic carbocycles. The summed E-state index contributed by atoms with van der Waals surface area (Å²) >= 11 is 0. The number of amides is 1. The Morgan fingerprint density at radius 3 is 1.40 bits per heavy atom. The van der Waals surface area contributed by atoms with Crippen molar-refractivity contribution < 1.29 is 39.8 Å². The first kappa shape index (κ1) is 56.4. The maximum atomic E-state index is 12.8. The van der Waals surface area contributed by atoms with Gasteiger partial charge in [-0.1, -0.05) is 211 Å². The van der Waals surface area contributed by atoms with Gasteiger partial charge in [-0.3, -0.25) is 4.79 Å². The summed E-state index contributed by atoms with van der Waals surface area (Å²) in [5.74, 6) is -0.201. The van der Waals surface area contributed by atoms with Crippen LogP contribution in [0.3, 0.4) is 0 Å². The zero-order valence-corrected chi connectivity index (χ0v) is 38.7. The summed E-state index contributed by atoms with van der Waals surface area (Å²) in [6.45, 7) is 3.68. The van der Waals surface area contributed by atoms with Crippen molar-refractivity contribution in [2.75, 3.05) is 13.2 Å². The van der Waals surface area contributed by atoms with Crippen LogP contribution in [-0.2, 0) is 14.3 Å². The molecule has 7 atom stereocenters. The first-order valence-corrected chi connectivity index (χ1v) is 25.2. The number of aliphatic hydroxyl groups is 5. The van der Waals surface area contributed by atoms with Crippen molar-refractivity contribution >= 4 is 5.91 Å². The standard InChI is InChI=1S/C51H95NO8/c1-3-5-7-9-11-12-13-14-15-16-17-18-19-20-21-22-23-24-25-26-27-28-29-30-31-32-33-34-35-36-38-40-45(54)44(52-47(55)41-39-37-10-8-6-4-2)43-59-51-50(58)49(57)48(56)46(42-53)60-51/h29-30,33-34,38,40,44-46,48-51,53-54,56-58H,3-28,31-32,35-37,39,41-43H2,1-2H3,(H,52,55)/b30-29+,34-33+,40-38+. The lowest BCUT2D eigenvalue weighted by molar-refractivity contribution is -0.302. The fourth-order valence-electron chi connectivity index (χ4n) is 7.89. The summed E-state index contributed by atoms with van der Waals surface area (Å²) in [6, 6.07) is -0.822. The van der Waals surface area contributed by atoms with E-state index in [1.165, 1.54) is 148 Å². The molecule has 1 aliphatic heterocycles. The van der Waals surface area contributed by atoms with Crippen LogP contribution < -0.4 is 5.32 Å². The van der Waals surface area contributed by atoms with Gasteiger partial charge in [0.25, 0.3) is 0 Å². The van der Waals surface area contributed by atoms with Gasteiger partial charge in [0, 0.05) is 6.42 Å². The number of nitrogens with one attached hydrogen (secondary N) is 1. The summed E-state index contributed by atoms with van der Waals surface area (Å²) in [4.78, 5) is 12.8. The van der Waals surface area contributed by atoms with E-state index in [4.69, 9.17) is 9.47 Å². The molecule has 0 bridgehead atoms. The fraction of sp³-hybridized carbons (Fsp3) is 0.863. The zero-order valence-electron chi connectivity index (χ0n) is 38.7. The van der Waals surface area contributed by atoms with Gasteiger partial charge in [0.2, 0.25) is 5.91 Å². The third kappa shape index (κ3) is 31.3.